The van der Waals surface area contributed by atoms with E-state index in [0.29, 0.717) is 10.4 Å². The highest BCUT2D eigenvalue weighted by atomic mass is 79.9. The van der Waals surface area contributed by atoms with Gasteiger partial charge in [0, 0.05) is 11.6 Å². The number of aromatic nitrogens is 1. The molecule has 5 nitrogen and oxygen atoms in total. The Labute approximate surface area is 135 Å². The van der Waals surface area contributed by atoms with E-state index in [0.717, 1.165) is 11.3 Å². The molecule has 1 amide bonds. The quantitative estimate of drug-likeness (QED) is 0.765. The second kappa shape index (κ2) is 6.19. The minimum Gasteiger partial charge on any atom is -0.444 e. The minimum absolute atomic E-state index is 0.241. The van der Waals surface area contributed by atoms with E-state index in [-0.39, 0.29) is 18.2 Å². The predicted molar refractivity (Wildman–Crippen MR) is 84.3 cm³/mol. The lowest BCUT2D eigenvalue weighted by Gasteiger charge is -1.98. The van der Waals surface area contributed by atoms with E-state index < -0.39 is 0 Å². The summed E-state index contributed by atoms with van der Waals surface area (Å²) >= 11 is 3.16. The van der Waals surface area contributed by atoms with E-state index in [1.165, 1.54) is 5.56 Å². The summed E-state index contributed by atoms with van der Waals surface area (Å²) in [6.07, 6.45) is 0. The number of benzene rings is 1. The maximum absolute atomic E-state index is 11.9. The average molecular weight is 361 g/mol. The summed E-state index contributed by atoms with van der Waals surface area (Å²) in [5.41, 5.74) is 2.90. The van der Waals surface area contributed by atoms with Crippen molar-refractivity contribution in [3.63, 3.8) is 0 Å². The lowest BCUT2D eigenvalue weighted by Crippen LogP contribution is -2.21. The molecule has 0 saturated carbocycles. The number of hydrogen-bond donors (Lipinski definition) is 1. The smallest absolute Gasteiger partial charge is 0.287 e. The zero-order valence-corrected chi connectivity index (χ0v) is 13.4. The van der Waals surface area contributed by atoms with Crippen LogP contribution in [0.1, 0.15) is 21.9 Å². The van der Waals surface area contributed by atoms with Crippen molar-refractivity contribution in [3.8, 4) is 11.3 Å². The zero-order valence-electron chi connectivity index (χ0n) is 11.8. The Morgan fingerprint density at radius 3 is 2.68 bits per heavy atom. The van der Waals surface area contributed by atoms with Gasteiger partial charge in [-0.1, -0.05) is 35.0 Å². The number of aryl methyl sites for hydroxylation is 1. The number of amides is 1. The molecule has 1 N–H and O–H groups in total. The Morgan fingerprint density at radius 1 is 1.23 bits per heavy atom. The number of hydrogen-bond acceptors (Lipinski definition) is 4. The van der Waals surface area contributed by atoms with Crippen molar-refractivity contribution >= 4 is 21.8 Å². The third-order valence-electron chi connectivity index (χ3n) is 3.13. The molecule has 0 radical (unpaired) electrons. The third kappa shape index (κ3) is 3.28. The minimum atomic E-state index is -0.306. The highest BCUT2D eigenvalue weighted by Crippen LogP contribution is 2.19. The van der Waals surface area contributed by atoms with Crippen LogP contribution >= 0.6 is 15.9 Å². The molecule has 0 atom stereocenters. The summed E-state index contributed by atoms with van der Waals surface area (Å²) in [4.78, 5) is 11.9. The molecule has 0 aliphatic rings. The second-order valence-corrected chi connectivity index (χ2v) is 5.61. The lowest BCUT2D eigenvalue weighted by atomic mass is 10.1. The molecule has 2 aromatic heterocycles. The predicted octanol–water partition coefficient (Wildman–Crippen LogP) is 3.94. The molecular formula is C16H13BrN2O3. The monoisotopic (exact) mass is 360 g/mol. The van der Waals surface area contributed by atoms with Gasteiger partial charge in [0.1, 0.15) is 5.69 Å². The van der Waals surface area contributed by atoms with E-state index in [1.807, 2.05) is 37.3 Å². The van der Waals surface area contributed by atoms with Gasteiger partial charge in [0.2, 0.25) is 0 Å². The summed E-state index contributed by atoms with van der Waals surface area (Å²) in [5.74, 6) is 0.513. The first kappa shape index (κ1) is 14.6. The van der Waals surface area contributed by atoms with Gasteiger partial charge in [0.05, 0.1) is 6.54 Å². The molecule has 1 aromatic carbocycles. The normalized spacial score (nSPS) is 10.6. The van der Waals surface area contributed by atoms with Crippen molar-refractivity contribution in [2.75, 3.05) is 0 Å². The summed E-state index contributed by atoms with van der Waals surface area (Å²) in [5, 5.41) is 6.73. The van der Waals surface area contributed by atoms with Gasteiger partial charge in [-0.25, -0.2) is 0 Å². The van der Waals surface area contributed by atoms with Crippen LogP contribution in [0.2, 0.25) is 0 Å². The fraction of sp³-hybridized carbons (Fsp3) is 0.125. The van der Waals surface area contributed by atoms with Crippen LogP contribution in [-0.2, 0) is 6.54 Å². The number of nitrogens with one attached hydrogen (secondary N) is 1. The molecule has 0 unspecified atom stereocenters. The molecule has 112 valence electrons. The fourth-order valence-corrected chi connectivity index (χ4v) is 2.25. The highest BCUT2D eigenvalue weighted by Gasteiger charge is 2.12. The Morgan fingerprint density at radius 2 is 2.00 bits per heavy atom. The van der Waals surface area contributed by atoms with E-state index in [1.54, 1.807) is 12.1 Å². The van der Waals surface area contributed by atoms with Crippen molar-refractivity contribution in [3.05, 3.63) is 64.2 Å². The van der Waals surface area contributed by atoms with Crippen molar-refractivity contribution in [2.45, 2.75) is 13.5 Å². The molecule has 0 saturated heterocycles. The van der Waals surface area contributed by atoms with Crippen LogP contribution in [0.15, 0.2) is 56.1 Å². The van der Waals surface area contributed by atoms with Gasteiger partial charge < -0.3 is 14.3 Å². The van der Waals surface area contributed by atoms with Crippen LogP contribution in [0.3, 0.4) is 0 Å². The van der Waals surface area contributed by atoms with Gasteiger partial charge in [0.15, 0.2) is 16.2 Å². The number of nitrogens with zero attached hydrogens (tertiary/aromatic N) is 1. The van der Waals surface area contributed by atoms with Gasteiger partial charge in [0.25, 0.3) is 5.91 Å². The Kier molecular flexibility index (Phi) is 4.11. The number of rotatable bonds is 4. The van der Waals surface area contributed by atoms with Gasteiger partial charge in [-0.05, 0) is 35.0 Å². The number of furan rings is 1. The number of carbonyl (C=O) groups excluding carboxylic acids is 1. The van der Waals surface area contributed by atoms with Gasteiger partial charge >= 0.3 is 0 Å². The lowest BCUT2D eigenvalue weighted by molar-refractivity contribution is 0.0918. The van der Waals surface area contributed by atoms with Gasteiger partial charge in [-0.15, -0.1) is 0 Å². The van der Waals surface area contributed by atoms with Crippen molar-refractivity contribution in [1.29, 1.82) is 0 Å². The largest absolute Gasteiger partial charge is 0.444 e. The summed E-state index contributed by atoms with van der Waals surface area (Å²) in [6.45, 7) is 2.27. The topological polar surface area (TPSA) is 68.3 Å². The summed E-state index contributed by atoms with van der Waals surface area (Å²) in [6, 6.07) is 13.1. The average Bonchev–Trinajstić information content (AvgIpc) is 3.15. The standard InChI is InChI=1S/C16H13BrN2O3/c1-10-2-4-11(5-3-10)13-8-12(22-19-13)9-18-16(20)14-6-7-15(17)21-14/h2-8H,9H2,1H3,(H,18,20). The van der Waals surface area contributed by atoms with Crippen molar-refractivity contribution < 1.29 is 13.7 Å². The molecule has 2 heterocycles. The maximum atomic E-state index is 11.9. The first-order valence-corrected chi connectivity index (χ1v) is 7.47. The molecule has 0 bridgehead atoms. The molecule has 6 heteroatoms. The molecule has 0 aliphatic heterocycles. The highest BCUT2D eigenvalue weighted by molar-refractivity contribution is 9.10. The van der Waals surface area contributed by atoms with Gasteiger partial charge in [-0.3, -0.25) is 4.79 Å². The van der Waals surface area contributed by atoms with Crippen molar-refractivity contribution in [2.24, 2.45) is 0 Å². The van der Waals surface area contributed by atoms with Crippen LogP contribution < -0.4 is 5.32 Å². The molecule has 3 aromatic rings. The SMILES string of the molecule is Cc1ccc(-c2cc(CNC(=O)c3ccc(Br)o3)on2)cc1. The molecule has 0 spiro atoms. The Balaban J connectivity index is 1.64. The van der Waals surface area contributed by atoms with E-state index in [4.69, 9.17) is 8.94 Å². The first-order chi connectivity index (χ1) is 10.6. The van der Waals surface area contributed by atoms with Crippen LogP contribution in [0.4, 0.5) is 0 Å². The van der Waals surface area contributed by atoms with E-state index >= 15 is 0 Å². The van der Waals surface area contributed by atoms with Crippen LogP contribution in [0, 0.1) is 6.92 Å². The number of halogens is 1. The molecule has 22 heavy (non-hydrogen) atoms. The van der Waals surface area contributed by atoms with E-state index in [2.05, 4.69) is 26.4 Å². The van der Waals surface area contributed by atoms with Gasteiger partial charge in [-0.2, -0.15) is 0 Å². The zero-order chi connectivity index (χ0) is 15.5. The summed E-state index contributed by atoms with van der Waals surface area (Å²) in [7, 11) is 0. The fourth-order valence-electron chi connectivity index (χ4n) is 1.95. The number of carbonyl (C=O) groups is 1. The molecular weight excluding hydrogens is 348 g/mol. The Bertz CT molecular complexity index is 790. The van der Waals surface area contributed by atoms with Crippen LogP contribution in [-0.4, -0.2) is 11.1 Å². The second-order valence-electron chi connectivity index (χ2n) is 4.83. The first-order valence-electron chi connectivity index (χ1n) is 6.68. The third-order valence-corrected chi connectivity index (χ3v) is 3.55. The van der Waals surface area contributed by atoms with Crippen molar-refractivity contribution in [1.82, 2.24) is 10.5 Å². The Hall–Kier alpha value is -2.34. The summed E-state index contributed by atoms with van der Waals surface area (Å²) < 4.78 is 10.9. The molecule has 0 fully saturated rings. The maximum Gasteiger partial charge on any atom is 0.287 e. The van der Waals surface area contributed by atoms with Crippen LogP contribution in [0.25, 0.3) is 11.3 Å². The van der Waals surface area contributed by atoms with Crippen LogP contribution in [0.5, 0.6) is 0 Å². The molecule has 0 aliphatic carbocycles. The van der Waals surface area contributed by atoms with E-state index in [9.17, 15) is 4.79 Å². The molecule has 3 rings (SSSR count).